The molecule has 0 radical (unpaired) electrons. The highest BCUT2D eigenvalue weighted by molar-refractivity contribution is 5.35. The monoisotopic (exact) mass is 179 g/mol. The van der Waals surface area contributed by atoms with Crippen LogP contribution in [0.5, 0.6) is 0 Å². The van der Waals surface area contributed by atoms with E-state index in [0.717, 1.165) is 23.9 Å². The molecule has 1 aromatic rings. The van der Waals surface area contributed by atoms with E-state index >= 15 is 0 Å². The van der Waals surface area contributed by atoms with Crippen molar-refractivity contribution in [2.45, 2.75) is 33.6 Å². The number of hydrogen-bond donors (Lipinski definition) is 1. The lowest BCUT2D eigenvalue weighted by atomic mass is 10.3. The van der Waals surface area contributed by atoms with Crippen molar-refractivity contribution < 1.29 is 0 Å². The molecule has 0 saturated carbocycles. The summed E-state index contributed by atoms with van der Waals surface area (Å²) in [6.07, 6.45) is 2.39. The minimum absolute atomic E-state index is 0.832. The molecule has 0 aliphatic carbocycles. The lowest BCUT2D eigenvalue weighted by molar-refractivity contribution is 0.828. The van der Waals surface area contributed by atoms with Gasteiger partial charge >= 0.3 is 0 Å². The van der Waals surface area contributed by atoms with Gasteiger partial charge in [0.25, 0.3) is 0 Å². The summed E-state index contributed by atoms with van der Waals surface area (Å²) >= 11 is 0. The van der Waals surface area contributed by atoms with Crippen LogP contribution >= 0.6 is 0 Å². The van der Waals surface area contributed by atoms with Crippen LogP contribution in [0.3, 0.4) is 0 Å². The molecule has 72 valence electrons. The van der Waals surface area contributed by atoms with Gasteiger partial charge in [0, 0.05) is 18.3 Å². The van der Waals surface area contributed by atoms with E-state index in [1.165, 1.54) is 12.8 Å². The number of unbranched alkanes of at least 4 members (excludes halogenated alkanes) is 1. The Morgan fingerprint density at radius 3 is 2.69 bits per heavy atom. The largest absolute Gasteiger partial charge is 0.370 e. The van der Waals surface area contributed by atoms with Gasteiger partial charge in [-0.3, -0.25) is 0 Å². The Kier molecular flexibility index (Phi) is 3.68. The number of anilines is 1. The fourth-order valence-corrected chi connectivity index (χ4v) is 1.20. The third-order valence-electron chi connectivity index (χ3n) is 1.80. The molecule has 1 rings (SSSR count). The minimum atomic E-state index is 0.832. The van der Waals surface area contributed by atoms with Gasteiger partial charge in [0.05, 0.1) is 0 Å². The molecule has 0 amide bonds. The number of aromatic nitrogens is 2. The molecule has 0 saturated heterocycles. The zero-order valence-corrected chi connectivity index (χ0v) is 8.59. The maximum absolute atomic E-state index is 4.28. The Bertz CT molecular complexity index is 251. The Morgan fingerprint density at radius 1 is 1.31 bits per heavy atom. The summed E-state index contributed by atoms with van der Waals surface area (Å²) in [6.45, 7) is 7.07. The number of nitrogens with one attached hydrogen (secondary N) is 1. The van der Waals surface area contributed by atoms with Crippen LogP contribution in [0.25, 0.3) is 0 Å². The van der Waals surface area contributed by atoms with Crippen molar-refractivity contribution in [2.75, 3.05) is 11.9 Å². The summed E-state index contributed by atoms with van der Waals surface area (Å²) in [7, 11) is 0. The maximum Gasteiger partial charge on any atom is 0.129 e. The van der Waals surface area contributed by atoms with Crippen molar-refractivity contribution in [3.8, 4) is 0 Å². The smallest absolute Gasteiger partial charge is 0.129 e. The maximum atomic E-state index is 4.28. The highest BCUT2D eigenvalue weighted by Crippen LogP contribution is 2.05. The van der Waals surface area contributed by atoms with Crippen LogP contribution in [0.15, 0.2) is 6.07 Å². The summed E-state index contributed by atoms with van der Waals surface area (Å²) in [5.41, 5.74) is 1.02. The minimum Gasteiger partial charge on any atom is -0.370 e. The Labute approximate surface area is 79.6 Å². The van der Waals surface area contributed by atoms with E-state index in [-0.39, 0.29) is 0 Å². The lowest BCUT2D eigenvalue weighted by Crippen LogP contribution is -2.04. The summed E-state index contributed by atoms with van der Waals surface area (Å²) in [6, 6.07) is 1.97. The van der Waals surface area contributed by atoms with Crippen LogP contribution in [-0.2, 0) is 0 Å². The summed E-state index contributed by atoms with van der Waals surface area (Å²) in [5.74, 6) is 1.78. The lowest BCUT2D eigenvalue weighted by Gasteiger charge is -2.05. The molecule has 1 heterocycles. The molecule has 0 spiro atoms. The van der Waals surface area contributed by atoms with Gasteiger partial charge in [-0.05, 0) is 20.3 Å². The molecule has 0 bridgehead atoms. The fraction of sp³-hybridized carbons (Fsp3) is 0.600. The first-order chi connectivity index (χ1) is 6.22. The van der Waals surface area contributed by atoms with Crippen molar-refractivity contribution >= 4 is 5.82 Å². The first-order valence-electron chi connectivity index (χ1n) is 4.78. The Hall–Kier alpha value is -1.12. The highest BCUT2D eigenvalue weighted by Gasteiger charge is 1.96. The molecule has 0 aliphatic heterocycles. The standard InChI is InChI=1S/C10H17N3/c1-4-5-6-11-10-7-8(2)12-9(3)13-10/h7H,4-6H2,1-3H3,(H,11,12,13). The molecule has 13 heavy (non-hydrogen) atoms. The third-order valence-corrected chi connectivity index (χ3v) is 1.80. The molecular weight excluding hydrogens is 162 g/mol. The van der Waals surface area contributed by atoms with Gasteiger partial charge in [-0.1, -0.05) is 13.3 Å². The van der Waals surface area contributed by atoms with E-state index in [0.29, 0.717) is 0 Å². The Morgan fingerprint density at radius 2 is 2.08 bits per heavy atom. The average molecular weight is 179 g/mol. The van der Waals surface area contributed by atoms with E-state index in [2.05, 4.69) is 22.2 Å². The molecule has 3 heteroatoms. The van der Waals surface area contributed by atoms with Crippen molar-refractivity contribution in [1.82, 2.24) is 9.97 Å². The van der Waals surface area contributed by atoms with Crippen molar-refractivity contribution in [1.29, 1.82) is 0 Å². The molecule has 1 N–H and O–H groups in total. The third kappa shape index (κ3) is 3.40. The second-order valence-electron chi connectivity index (χ2n) is 3.22. The van der Waals surface area contributed by atoms with Crippen molar-refractivity contribution in [3.63, 3.8) is 0 Å². The molecular formula is C10H17N3. The van der Waals surface area contributed by atoms with E-state index in [1.807, 2.05) is 19.9 Å². The van der Waals surface area contributed by atoms with Crippen LogP contribution in [-0.4, -0.2) is 16.5 Å². The zero-order valence-electron chi connectivity index (χ0n) is 8.59. The van der Waals surface area contributed by atoms with Crippen LogP contribution in [0.2, 0.25) is 0 Å². The molecule has 0 aliphatic rings. The van der Waals surface area contributed by atoms with Gasteiger partial charge in [-0.25, -0.2) is 9.97 Å². The van der Waals surface area contributed by atoms with Gasteiger partial charge in [0.2, 0.25) is 0 Å². The number of nitrogens with zero attached hydrogens (tertiary/aromatic N) is 2. The normalized spacial score (nSPS) is 10.1. The van der Waals surface area contributed by atoms with Gasteiger partial charge in [0.15, 0.2) is 0 Å². The highest BCUT2D eigenvalue weighted by atomic mass is 15.0. The van der Waals surface area contributed by atoms with Gasteiger partial charge < -0.3 is 5.32 Å². The molecule has 1 aromatic heterocycles. The van der Waals surface area contributed by atoms with Gasteiger partial charge in [-0.15, -0.1) is 0 Å². The number of hydrogen-bond acceptors (Lipinski definition) is 3. The number of rotatable bonds is 4. The molecule has 0 fully saturated rings. The van der Waals surface area contributed by atoms with Crippen LogP contribution in [0.1, 0.15) is 31.3 Å². The van der Waals surface area contributed by atoms with E-state index < -0.39 is 0 Å². The summed E-state index contributed by atoms with van der Waals surface area (Å²) in [5, 5.41) is 3.28. The van der Waals surface area contributed by atoms with Crippen LogP contribution in [0, 0.1) is 13.8 Å². The van der Waals surface area contributed by atoms with Crippen LogP contribution < -0.4 is 5.32 Å². The van der Waals surface area contributed by atoms with E-state index in [1.54, 1.807) is 0 Å². The zero-order chi connectivity index (χ0) is 9.68. The predicted molar refractivity (Wildman–Crippen MR) is 54.9 cm³/mol. The van der Waals surface area contributed by atoms with Crippen molar-refractivity contribution in [2.24, 2.45) is 0 Å². The van der Waals surface area contributed by atoms with Crippen LogP contribution in [0.4, 0.5) is 5.82 Å². The van der Waals surface area contributed by atoms with E-state index in [9.17, 15) is 0 Å². The SMILES string of the molecule is CCCCNc1cc(C)nc(C)n1. The van der Waals surface area contributed by atoms with Gasteiger partial charge in [0.1, 0.15) is 11.6 Å². The molecule has 3 nitrogen and oxygen atoms in total. The number of aryl methyl sites for hydroxylation is 2. The van der Waals surface area contributed by atoms with Gasteiger partial charge in [-0.2, -0.15) is 0 Å². The average Bonchev–Trinajstić information content (AvgIpc) is 2.03. The molecule has 0 unspecified atom stereocenters. The molecule has 0 aromatic carbocycles. The Balaban J connectivity index is 2.56. The second-order valence-corrected chi connectivity index (χ2v) is 3.22. The topological polar surface area (TPSA) is 37.8 Å². The second kappa shape index (κ2) is 4.80. The fourth-order valence-electron chi connectivity index (χ4n) is 1.20. The van der Waals surface area contributed by atoms with E-state index in [4.69, 9.17) is 0 Å². The molecule has 0 atom stereocenters. The first-order valence-corrected chi connectivity index (χ1v) is 4.78. The quantitative estimate of drug-likeness (QED) is 0.721. The predicted octanol–water partition coefficient (Wildman–Crippen LogP) is 2.31. The van der Waals surface area contributed by atoms with Crippen molar-refractivity contribution in [3.05, 3.63) is 17.6 Å². The summed E-state index contributed by atoms with van der Waals surface area (Å²) < 4.78 is 0. The summed E-state index contributed by atoms with van der Waals surface area (Å²) in [4.78, 5) is 8.49. The first kappa shape index (κ1) is 9.96.